The lowest BCUT2D eigenvalue weighted by molar-refractivity contribution is -0.157. The maximum Gasteiger partial charge on any atom is 0.335 e. The second-order valence-corrected chi connectivity index (χ2v) is 5.51. The van der Waals surface area contributed by atoms with Crippen molar-refractivity contribution in [1.29, 1.82) is 0 Å². The van der Waals surface area contributed by atoms with Crippen LogP contribution in [0.5, 0.6) is 0 Å². The van der Waals surface area contributed by atoms with Gasteiger partial charge in [-0.2, -0.15) is 4.98 Å². The minimum Gasteiger partial charge on any atom is -0.455 e. The molecule has 0 aliphatic heterocycles. The Morgan fingerprint density at radius 2 is 1.95 bits per heavy atom. The zero-order valence-corrected chi connectivity index (χ0v) is 12.9. The Hall–Kier alpha value is -1.43. The maximum absolute atomic E-state index is 11.7. The lowest BCUT2D eigenvalue weighted by Crippen LogP contribution is -2.24. The third kappa shape index (κ3) is 5.69. The molecule has 0 radical (unpaired) electrons. The molecule has 0 saturated heterocycles. The summed E-state index contributed by atoms with van der Waals surface area (Å²) in [5, 5.41) is 3.75. The molecule has 1 heterocycles. The van der Waals surface area contributed by atoms with E-state index in [9.17, 15) is 4.79 Å². The van der Waals surface area contributed by atoms with E-state index >= 15 is 0 Å². The van der Waals surface area contributed by atoms with Crippen molar-refractivity contribution in [2.75, 3.05) is 6.61 Å². The van der Waals surface area contributed by atoms with Crippen LogP contribution in [0.15, 0.2) is 4.52 Å². The number of carbonyl (C=O) groups excluding carboxylic acids is 1. The number of hydrogen-bond donors (Lipinski definition) is 0. The zero-order valence-electron chi connectivity index (χ0n) is 12.9. The first-order valence-corrected chi connectivity index (χ1v) is 7.00. The number of carbonyl (C=O) groups is 1. The van der Waals surface area contributed by atoms with Crippen molar-refractivity contribution in [2.24, 2.45) is 5.92 Å². The van der Waals surface area contributed by atoms with Crippen molar-refractivity contribution in [3.05, 3.63) is 11.7 Å². The molecule has 0 aliphatic carbocycles. The van der Waals surface area contributed by atoms with E-state index in [4.69, 9.17) is 14.0 Å². The third-order valence-electron chi connectivity index (χ3n) is 2.72. The summed E-state index contributed by atoms with van der Waals surface area (Å²) < 4.78 is 15.5. The molecule has 20 heavy (non-hydrogen) atoms. The van der Waals surface area contributed by atoms with E-state index in [0.717, 1.165) is 6.42 Å². The summed E-state index contributed by atoms with van der Waals surface area (Å²) in [6.07, 6.45) is 0.338. The molecule has 0 spiro atoms. The molecule has 0 aliphatic rings. The fraction of sp³-hybridized carbons (Fsp3) is 0.786. The summed E-state index contributed by atoms with van der Waals surface area (Å²) in [4.78, 5) is 15.8. The van der Waals surface area contributed by atoms with Gasteiger partial charge in [0.15, 0.2) is 12.7 Å². The van der Waals surface area contributed by atoms with Crippen LogP contribution in [0.25, 0.3) is 0 Å². The standard InChI is InChI=1S/C14H24N2O4/c1-9(2)6-7-18-11(5)14(17)19-8-12-15-13(10(3)4)20-16-12/h9-11H,6-8H2,1-5H3. The van der Waals surface area contributed by atoms with E-state index < -0.39 is 12.1 Å². The average Bonchev–Trinajstić information content (AvgIpc) is 2.84. The smallest absolute Gasteiger partial charge is 0.335 e. The molecule has 1 unspecified atom stereocenters. The van der Waals surface area contributed by atoms with Gasteiger partial charge in [-0.15, -0.1) is 0 Å². The molecule has 6 heteroatoms. The van der Waals surface area contributed by atoms with E-state index in [2.05, 4.69) is 24.0 Å². The fourth-order valence-electron chi connectivity index (χ4n) is 1.36. The van der Waals surface area contributed by atoms with Gasteiger partial charge in [0.1, 0.15) is 0 Å². The van der Waals surface area contributed by atoms with Gasteiger partial charge < -0.3 is 14.0 Å². The molecule has 0 aromatic carbocycles. The van der Waals surface area contributed by atoms with Crippen molar-refractivity contribution < 1.29 is 18.8 Å². The highest BCUT2D eigenvalue weighted by molar-refractivity contribution is 5.74. The summed E-state index contributed by atoms with van der Waals surface area (Å²) in [7, 11) is 0. The third-order valence-corrected chi connectivity index (χ3v) is 2.72. The molecule has 0 bridgehead atoms. The number of aromatic nitrogens is 2. The molecule has 1 rings (SSSR count). The highest BCUT2D eigenvalue weighted by Crippen LogP contribution is 2.11. The maximum atomic E-state index is 11.7. The summed E-state index contributed by atoms with van der Waals surface area (Å²) in [6.45, 7) is 10.4. The van der Waals surface area contributed by atoms with E-state index in [1.54, 1.807) is 6.92 Å². The highest BCUT2D eigenvalue weighted by atomic mass is 16.6. The quantitative estimate of drug-likeness (QED) is 0.683. The van der Waals surface area contributed by atoms with Gasteiger partial charge in [0.05, 0.1) is 0 Å². The van der Waals surface area contributed by atoms with Crippen molar-refractivity contribution in [1.82, 2.24) is 10.1 Å². The molecule has 0 saturated carbocycles. The van der Waals surface area contributed by atoms with Gasteiger partial charge in [-0.05, 0) is 19.3 Å². The number of hydrogen-bond acceptors (Lipinski definition) is 6. The topological polar surface area (TPSA) is 74.5 Å². The van der Waals surface area contributed by atoms with Crippen molar-refractivity contribution in [2.45, 2.75) is 59.7 Å². The summed E-state index contributed by atoms with van der Waals surface area (Å²) in [6, 6.07) is 0. The Morgan fingerprint density at radius 1 is 1.25 bits per heavy atom. The second kappa shape index (κ2) is 7.99. The molecule has 6 nitrogen and oxygen atoms in total. The first kappa shape index (κ1) is 16.6. The van der Waals surface area contributed by atoms with Crippen LogP contribution in [0, 0.1) is 5.92 Å². The van der Waals surface area contributed by atoms with Crippen molar-refractivity contribution in [3.63, 3.8) is 0 Å². The first-order chi connectivity index (χ1) is 9.40. The summed E-state index contributed by atoms with van der Waals surface area (Å²) >= 11 is 0. The van der Waals surface area contributed by atoms with Crippen LogP contribution in [-0.2, 0) is 20.9 Å². The van der Waals surface area contributed by atoms with Crippen LogP contribution >= 0.6 is 0 Å². The first-order valence-electron chi connectivity index (χ1n) is 7.00. The van der Waals surface area contributed by atoms with Gasteiger partial charge >= 0.3 is 5.97 Å². The van der Waals surface area contributed by atoms with E-state index in [0.29, 0.717) is 24.2 Å². The number of rotatable bonds is 8. The largest absolute Gasteiger partial charge is 0.455 e. The number of nitrogens with zero attached hydrogens (tertiary/aromatic N) is 2. The fourth-order valence-corrected chi connectivity index (χ4v) is 1.36. The summed E-state index contributed by atoms with van der Waals surface area (Å²) in [5.41, 5.74) is 0. The van der Waals surface area contributed by atoms with Gasteiger partial charge in [0.2, 0.25) is 11.7 Å². The number of esters is 1. The van der Waals surface area contributed by atoms with Crippen LogP contribution in [0.2, 0.25) is 0 Å². The van der Waals surface area contributed by atoms with Crippen LogP contribution in [0.3, 0.4) is 0 Å². The lowest BCUT2D eigenvalue weighted by atomic mass is 10.1. The average molecular weight is 284 g/mol. The monoisotopic (exact) mass is 284 g/mol. The molecular formula is C14H24N2O4. The Bertz CT molecular complexity index is 415. The molecule has 114 valence electrons. The number of ether oxygens (including phenoxy) is 2. The second-order valence-electron chi connectivity index (χ2n) is 5.51. The van der Waals surface area contributed by atoms with Gasteiger partial charge in [-0.25, -0.2) is 4.79 Å². The minimum absolute atomic E-state index is 0.00688. The molecule has 1 aromatic heterocycles. The molecule has 0 fully saturated rings. The summed E-state index contributed by atoms with van der Waals surface area (Å²) in [5.74, 6) is 1.20. The van der Waals surface area contributed by atoms with E-state index in [-0.39, 0.29) is 12.5 Å². The molecule has 0 amide bonds. The van der Waals surface area contributed by atoms with Crippen LogP contribution in [0.4, 0.5) is 0 Å². The van der Waals surface area contributed by atoms with E-state index in [1.807, 2.05) is 13.8 Å². The molecule has 1 atom stereocenters. The SMILES string of the molecule is CC(C)CCOC(C)C(=O)OCc1noc(C(C)C)n1. The predicted molar refractivity (Wildman–Crippen MR) is 73.1 cm³/mol. The minimum atomic E-state index is -0.578. The Balaban J connectivity index is 2.30. The Labute approximate surface area is 119 Å². The lowest BCUT2D eigenvalue weighted by Gasteiger charge is -2.12. The molecule has 1 aromatic rings. The van der Waals surface area contributed by atoms with E-state index in [1.165, 1.54) is 0 Å². The Kier molecular flexibility index (Phi) is 6.64. The van der Waals surface area contributed by atoms with Crippen LogP contribution in [0.1, 0.15) is 58.7 Å². The van der Waals surface area contributed by atoms with Gasteiger partial charge in [-0.1, -0.05) is 32.9 Å². The zero-order chi connectivity index (χ0) is 15.1. The predicted octanol–water partition coefficient (Wildman–Crippen LogP) is 2.69. The molecular weight excluding hydrogens is 260 g/mol. The van der Waals surface area contributed by atoms with Crippen LogP contribution < -0.4 is 0 Å². The molecule has 0 N–H and O–H groups in total. The normalized spacial score (nSPS) is 12.9. The van der Waals surface area contributed by atoms with Gasteiger partial charge in [0.25, 0.3) is 0 Å². The van der Waals surface area contributed by atoms with Crippen molar-refractivity contribution in [3.8, 4) is 0 Å². The van der Waals surface area contributed by atoms with Crippen molar-refractivity contribution >= 4 is 5.97 Å². The van der Waals surface area contributed by atoms with Gasteiger partial charge in [-0.3, -0.25) is 0 Å². The highest BCUT2D eigenvalue weighted by Gasteiger charge is 2.17. The Morgan fingerprint density at radius 3 is 2.50 bits per heavy atom. The van der Waals surface area contributed by atoms with Gasteiger partial charge in [0, 0.05) is 12.5 Å². The van der Waals surface area contributed by atoms with Crippen LogP contribution in [-0.4, -0.2) is 28.8 Å².